The van der Waals surface area contributed by atoms with Crippen molar-refractivity contribution in [3.8, 4) is 17.1 Å². The fraction of sp³-hybridized carbons (Fsp3) is 0.385. The number of halogens is 3. The van der Waals surface area contributed by atoms with E-state index in [4.69, 9.17) is 12.2 Å². The maximum Gasteiger partial charge on any atom is 0.573 e. The van der Waals surface area contributed by atoms with Crippen LogP contribution < -0.4 is 4.74 Å². The van der Waals surface area contributed by atoms with Gasteiger partial charge >= 0.3 is 6.36 Å². The molecule has 0 bridgehead atoms. The topological polar surface area (TPSA) is 42.8 Å². The zero-order valence-electron chi connectivity index (χ0n) is 11.4. The molecule has 2 aromatic rings. The first-order valence-electron chi connectivity index (χ1n) is 6.27. The van der Waals surface area contributed by atoms with Crippen molar-refractivity contribution in [2.75, 3.05) is 0 Å². The number of hydrogen-bond acceptors (Lipinski definition) is 3. The molecule has 0 aliphatic heterocycles. The number of aromatic nitrogens is 3. The van der Waals surface area contributed by atoms with E-state index in [1.54, 1.807) is 0 Å². The van der Waals surface area contributed by atoms with Gasteiger partial charge in [0.2, 0.25) is 0 Å². The molecular formula is C13H14F3N3OS. The van der Waals surface area contributed by atoms with Crippen LogP contribution in [0.15, 0.2) is 24.3 Å². The number of aromatic amines is 1. The third-order valence-electron chi connectivity index (χ3n) is 2.65. The Kier molecular flexibility index (Phi) is 4.36. The molecule has 8 heteroatoms. The average molecular weight is 317 g/mol. The van der Waals surface area contributed by atoms with Gasteiger partial charge in [0.1, 0.15) is 5.75 Å². The lowest BCUT2D eigenvalue weighted by Gasteiger charge is -2.11. The van der Waals surface area contributed by atoms with Gasteiger partial charge in [-0.3, -0.25) is 9.67 Å². The highest BCUT2D eigenvalue weighted by Gasteiger charge is 2.31. The van der Waals surface area contributed by atoms with E-state index >= 15 is 0 Å². The molecule has 0 amide bonds. The summed E-state index contributed by atoms with van der Waals surface area (Å²) in [6.07, 6.45) is -4.70. The minimum absolute atomic E-state index is 0.268. The van der Waals surface area contributed by atoms with E-state index in [-0.39, 0.29) is 5.75 Å². The van der Waals surface area contributed by atoms with Crippen molar-refractivity contribution in [2.24, 2.45) is 5.92 Å². The predicted octanol–water partition coefficient (Wildman–Crippen LogP) is 4.16. The molecule has 0 saturated heterocycles. The van der Waals surface area contributed by atoms with Crippen molar-refractivity contribution in [1.29, 1.82) is 0 Å². The van der Waals surface area contributed by atoms with Crippen LogP contribution in [0.2, 0.25) is 0 Å². The van der Waals surface area contributed by atoms with Crippen molar-refractivity contribution in [3.63, 3.8) is 0 Å². The van der Waals surface area contributed by atoms with Crippen molar-refractivity contribution in [1.82, 2.24) is 14.8 Å². The Bertz CT molecular complexity index is 659. The molecule has 4 nitrogen and oxygen atoms in total. The summed E-state index contributed by atoms with van der Waals surface area (Å²) in [5.41, 5.74) is 0.664. The number of alkyl halides is 3. The summed E-state index contributed by atoms with van der Waals surface area (Å²) in [4.78, 5) is 0. The number of ether oxygens (including phenoxy) is 1. The zero-order valence-corrected chi connectivity index (χ0v) is 12.3. The first-order valence-corrected chi connectivity index (χ1v) is 6.68. The molecule has 1 aromatic carbocycles. The largest absolute Gasteiger partial charge is 0.573 e. The molecule has 0 atom stereocenters. The van der Waals surface area contributed by atoms with E-state index in [0.29, 0.717) is 28.6 Å². The SMILES string of the molecule is CC(C)Cn1c(-c2ccc(OC(F)(F)F)cc2)n[nH]c1=S. The quantitative estimate of drug-likeness (QED) is 0.861. The standard InChI is InChI=1S/C13H14F3N3OS/c1-8(2)7-19-11(17-18-12(19)21)9-3-5-10(6-4-9)20-13(14,15)16/h3-6,8H,7H2,1-2H3,(H,18,21). The average Bonchev–Trinajstić information content (AvgIpc) is 2.70. The maximum atomic E-state index is 12.1. The van der Waals surface area contributed by atoms with Crippen LogP contribution in [0, 0.1) is 10.7 Å². The Morgan fingerprint density at radius 2 is 1.90 bits per heavy atom. The van der Waals surface area contributed by atoms with Gasteiger partial charge in [-0.05, 0) is 42.4 Å². The molecule has 0 spiro atoms. The van der Waals surface area contributed by atoms with E-state index in [0.717, 1.165) is 0 Å². The lowest BCUT2D eigenvalue weighted by Crippen LogP contribution is -2.17. The third kappa shape index (κ3) is 4.07. The Balaban J connectivity index is 2.29. The van der Waals surface area contributed by atoms with Gasteiger partial charge in [-0.1, -0.05) is 13.8 Å². The summed E-state index contributed by atoms with van der Waals surface area (Å²) < 4.78 is 42.5. The summed E-state index contributed by atoms with van der Waals surface area (Å²) in [5, 5.41) is 6.82. The van der Waals surface area contributed by atoms with Crippen LogP contribution in [0.4, 0.5) is 13.2 Å². The summed E-state index contributed by atoms with van der Waals surface area (Å²) in [6, 6.07) is 5.53. The van der Waals surface area contributed by atoms with Crippen molar-refractivity contribution < 1.29 is 17.9 Å². The van der Waals surface area contributed by atoms with Crippen molar-refractivity contribution >= 4 is 12.2 Å². The molecule has 0 aliphatic rings. The minimum atomic E-state index is -4.70. The number of nitrogens with zero attached hydrogens (tertiary/aromatic N) is 2. The van der Waals surface area contributed by atoms with Gasteiger partial charge in [0, 0.05) is 12.1 Å². The lowest BCUT2D eigenvalue weighted by molar-refractivity contribution is -0.274. The Labute approximate surface area is 124 Å². The molecule has 2 rings (SSSR count). The summed E-state index contributed by atoms with van der Waals surface area (Å²) >= 11 is 5.16. The Morgan fingerprint density at radius 3 is 2.43 bits per heavy atom. The van der Waals surface area contributed by atoms with Gasteiger partial charge in [0.05, 0.1) is 0 Å². The van der Waals surface area contributed by atoms with Gasteiger partial charge in [0.25, 0.3) is 0 Å². The summed E-state index contributed by atoms with van der Waals surface area (Å²) in [5.74, 6) is 0.684. The molecule has 0 unspecified atom stereocenters. The number of benzene rings is 1. The Hall–Kier alpha value is -1.83. The van der Waals surface area contributed by atoms with Gasteiger partial charge < -0.3 is 4.74 Å². The molecule has 1 aromatic heterocycles. The number of hydrogen-bond donors (Lipinski definition) is 1. The van der Waals surface area contributed by atoms with Gasteiger partial charge in [-0.25, -0.2) is 0 Å². The molecule has 0 aliphatic carbocycles. The summed E-state index contributed by atoms with van der Waals surface area (Å²) in [6.45, 7) is 4.75. The second kappa shape index (κ2) is 5.88. The van der Waals surface area contributed by atoms with Crippen molar-refractivity contribution in [2.45, 2.75) is 26.8 Å². The fourth-order valence-electron chi connectivity index (χ4n) is 1.88. The molecule has 0 saturated carbocycles. The minimum Gasteiger partial charge on any atom is -0.406 e. The second-order valence-electron chi connectivity index (χ2n) is 4.93. The van der Waals surface area contributed by atoms with E-state index in [2.05, 4.69) is 14.9 Å². The number of rotatable bonds is 4. The highest BCUT2D eigenvalue weighted by atomic mass is 32.1. The molecule has 1 N–H and O–H groups in total. The first kappa shape index (κ1) is 15.6. The van der Waals surface area contributed by atoms with Crippen LogP contribution in [0.1, 0.15) is 13.8 Å². The fourth-order valence-corrected chi connectivity index (χ4v) is 2.08. The predicted molar refractivity (Wildman–Crippen MR) is 74.4 cm³/mol. The monoisotopic (exact) mass is 317 g/mol. The first-order chi connectivity index (χ1) is 9.76. The third-order valence-corrected chi connectivity index (χ3v) is 2.96. The molecule has 114 valence electrons. The zero-order chi connectivity index (χ0) is 15.6. The normalized spacial score (nSPS) is 11.9. The van der Waals surface area contributed by atoms with Gasteiger partial charge in [0.15, 0.2) is 10.6 Å². The molecular weight excluding hydrogens is 303 g/mol. The van der Waals surface area contributed by atoms with Crippen LogP contribution in [0.3, 0.4) is 0 Å². The van der Waals surface area contributed by atoms with E-state index < -0.39 is 6.36 Å². The van der Waals surface area contributed by atoms with Crippen LogP contribution >= 0.6 is 12.2 Å². The maximum absolute atomic E-state index is 12.1. The van der Waals surface area contributed by atoms with Crippen LogP contribution in [0.25, 0.3) is 11.4 Å². The van der Waals surface area contributed by atoms with Crippen LogP contribution in [-0.2, 0) is 6.54 Å². The second-order valence-corrected chi connectivity index (χ2v) is 5.32. The highest BCUT2D eigenvalue weighted by Crippen LogP contribution is 2.26. The van der Waals surface area contributed by atoms with E-state index in [9.17, 15) is 13.2 Å². The lowest BCUT2D eigenvalue weighted by atomic mass is 10.2. The van der Waals surface area contributed by atoms with E-state index in [1.165, 1.54) is 24.3 Å². The highest BCUT2D eigenvalue weighted by molar-refractivity contribution is 7.71. The molecule has 1 heterocycles. The van der Waals surface area contributed by atoms with E-state index in [1.807, 2.05) is 18.4 Å². The van der Waals surface area contributed by atoms with Crippen molar-refractivity contribution in [3.05, 3.63) is 29.0 Å². The van der Waals surface area contributed by atoms with Gasteiger partial charge in [-0.2, -0.15) is 5.10 Å². The summed E-state index contributed by atoms with van der Waals surface area (Å²) in [7, 11) is 0. The number of H-pyrrole nitrogens is 1. The smallest absolute Gasteiger partial charge is 0.406 e. The molecule has 0 fully saturated rings. The van der Waals surface area contributed by atoms with Crippen LogP contribution in [-0.4, -0.2) is 21.1 Å². The molecule has 0 radical (unpaired) electrons. The Morgan fingerprint density at radius 1 is 1.29 bits per heavy atom. The van der Waals surface area contributed by atoms with Gasteiger partial charge in [-0.15, -0.1) is 13.2 Å². The van der Waals surface area contributed by atoms with Crippen LogP contribution in [0.5, 0.6) is 5.75 Å². The number of nitrogens with one attached hydrogen (secondary N) is 1. The molecule has 21 heavy (non-hydrogen) atoms.